The van der Waals surface area contributed by atoms with Crippen molar-refractivity contribution in [1.82, 2.24) is 10.1 Å². The van der Waals surface area contributed by atoms with Crippen molar-refractivity contribution in [3.05, 3.63) is 29.0 Å². The van der Waals surface area contributed by atoms with Crippen LogP contribution in [-0.4, -0.2) is 41.6 Å². The molecule has 4 aliphatic carbocycles. The largest absolute Gasteiger partial charge is 0.507 e. The zero-order valence-electron chi connectivity index (χ0n) is 17.6. The van der Waals surface area contributed by atoms with Crippen molar-refractivity contribution < 1.29 is 19.2 Å². The Labute approximate surface area is 171 Å². The van der Waals surface area contributed by atoms with Crippen LogP contribution in [0.4, 0.5) is 0 Å². The van der Waals surface area contributed by atoms with Gasteiger partial charge in [0.2, 0.25) is 0 Å². The average Bonchev–Trinajstić information content (AvgIpc) is 3.36. The van der Waals surface area contributed by atoms with E-state index >= 15 is 0 Å². The number of carbonyl (C=O) groups is 1. The molecule has 0 spiro atoms. The fourth-order valence-electron chi connectivity index (χ4n) is 6.59. The molecular formula is C23H30N2O4. The van der Waals surface area contributed by atoms with Crippen LogP contribution in [0.1, 0.15) is 56.9 Å². The second-order valence-electron chi connectivity index (χ2n) is 9.64. The van der Waals surface area contributed by atoms with Crippen molar-refractivity contribution in [3.8, 4) is 5.88 Å². The molecule has 29 heavy (non-hydrogen) atoms. The first kappa shape index (κ1) is 18.9. The van der Waals surface area contributed by atoms with E-state index in [0.717, 1.165) is 25.7 Å². The number of allylic oxidation sites excluding steroid dienone is 2. The molecule has 2 saturated carbocycles. The maximum atomic E-state index is 13.8. The van der Waals surface area contributed by atoms with Gasteiger partial charge in [-0.25, -0.2) is 0 Å². The third-order valence-electron chi connectivity index (χ3n) is 7.67. The molecule has 1 aromatic heterocycles. The van der Waals surface area contributed by atoms with Crippen LogP contribution in [0.5, 0.6) is 5.88 Å². The Bertz CT molecular complexity index is 914. The molecule has 0 amide bonds. The molecule has 2 fully saturated rings. The number of aliphatic hydroxyl groups is 1. The third kappa shape index (κ3) is 2.44. The molecule has 5 rings (SSSR count). The molecule has 6 heteroatoms. The van der Waals surface area contributed by atoms with Crippen molar-refractivity contribution in [1.29, 1.82) is 0 Å². The van der Waals surface area contributed by atoms with Crippen LogP contribution in [-0.2, 0) is 4.79 Å². The quantitative estimate of drug-likeness (QED) is 0.593. The second-order valence-corrected chi connectivity index (χ2v) is 9.64. The van der Waals surface area contributed by atoms with Gasteiger partial charge >= 0.3 is 0 Å². The normalized spacial score (nSPS) is 37.1. The Morgan fingerprint density at radius 3 is 2.83 bits per heavy atom. The lowest BCUT2D eigenvalue weighted by atomic mass is 9.55. The number of nitrogens with zero attached hydrogens (tertiary/aromatic N) is 2. The summed E-state index contributed by atoms with van der Waals surface area (Å²) in [4.78, 5) is 15.8. The first-order valence-electron chi connectivity index (χ1n) is 10.8. The molecule has 2 bridgehead atoms. The number of Topliss-reactive ketones (excluding diaryl/α,β-unsaturated/α-hetero) is 1. The first-order chi connectivity index (χ1) is 13.9. The van der Waals surface area contributed by atoms with Gasteiger partial charge < -0.3 is 14.4 Å². The molecule has 6 atom stereocenters. The lowest BCUT2D eigenvalue weighted by molar-refractivity contribution is -0.127. The molecule has 0 radical (unpaired) electrons. The molecule has 1 N–H and O–H groups in total. The van der Waals surface area contributed by atoms with Gasteiger partial charge in [-0.05, 0) is 56.3 Å². The number of rotatable bonds is 5. The fraction of sp³-hybridized carbons (Fsp3) is 0.652. The average molecular weight is 399 g/mol. The summed E-state index contributed by atoms with van der Waals surface area (Å²) in [6, 6.07) is -0.174. The Balaban J connectivity index is 1.65. The highest BCUT2D eigenvalue weighted by Gasteiger charge is 2.62. The summed E-state index contributed by atoms with van der Waals surface area (Å²) in [5.41, 5.74) is 0.504. The van der Waals surface area contributed by atoms with Crippen molar-refractivity contribution in [2.45, 2.75) is 45.6 Å². The highest BCUT2D eigenvalue weighted by molar-refractivity contribution is 6.06. The Kier molecular flexibility index (Phi) is 4.21. The van der Waals surface area contributed by atoms with Crippen LogP contribution in [0.3, 0.4) is 0 Å². The van der Waals surface area contributed by atoms with Crippen LogP contribution in [0.2, 0.25) is 0 Å². The molecule has 0 saturated heterocycles. The van der Waals surface area contributed by atoms with Crippen LogP contribution >= 0.6 is 0 Å². The summed E-state index contributed by atoms with van der Waals surface area (Å²) in [5.74, 6) is 2.14. The number of carbonyl (C=O) groups excluding carboxylic acids is 1. The molecule has 0 unspecified atom stereocenters. The molecule has 1 heterocycles. The SMILES string of the molecule is CCCCOc1noc2c1C(O)=C1C(=O)[C@H]3[C@@H](C[C@@]1(C)[C@H]2N(C)C)[C@H]1C=C[C@@H]3C1. The van der Waals surface area contributed by atoms with Gasteiger partial charge in [-0.1, -0.05) is 32.4 Å². The number of aliphatic hydroxyl groups excluding tert-OH is 1. The first-order valence-corrected chi connectivity index (χ1v) is 10.8. The highest BCUT2D eigenvalue weighted by atomic mass is 16.5. The van der Waals surface area contributed by atoms with Gasteiger partial charge in [-0.15, -0.1) is 0 Å². The van der Waals surface area contributed by atoms with Gasteiger partial charge in [-0.3, -0.25) is 9.69 Å². The molecule has 6 nitrogen and oxygen atoms in total. The zero-order valence-corrected chi connectivity index (χ0v) is 17.6. The predicted molar refractivity (Wildman–Crippen MR) is 108 cm³/mol. The van der Waals surface area contributed by atoms with Crippen molar-refractivity contribution in [2.24, 2.45) is 29.1 Å². The molecule has 0 aliphatic heterocycles. The number of ketones is 1. The van der Waals surface area contributed by atoms with Gasteiger partial charge in [-0.2, -0.15) is 0 Å². The van der Waals surface area contributed by atoms with Crippen molar-refractivity contribution >= 4 is 11.5 Å². The van der Waals surface area contributed by atoms with Gasteiger partial charge in [0, 0.05) is 16.9 Å². The second kappa shape index (κ2) is 6.46. The topological polar surface area (TPSA) is 75.8 Å². The summed E-state index contributed by atoms with van der Waals surface area (Å²) < 4.78 is 11.6. The smallest absolute Gasteiger partial charge is 0.265 e. The number of hydrogen-bond donors (Lipinski definition) is 1. The van der Waals surface area contributed by atoms with Gasteiger partial charge in [0.05, 0.1) is 12.6 Å². The van der Waals surface area contributed by atoms with E-state index in [1.54, 1.807) is 0 Å². The van der Waals surface area contributed by atoms with Crippen LogP contribution in [0.15, 0.2) is 22.2 Å². The van der Waals surface area contributed by atoms with Crippen LogP contribution in [0.25, 0.3) is 5.76 Å². The predicted octanol–water partition coefficient (Wildman–Crippen LogP) is 4.16. The number of aromatic nitrogens is 1. The lowest BCUT2D eigenvalue weighted by Gasteiger charge is -2.50. The van der Waals surface area contributed by atoms with E-state index in [-0.39, 0.29) is 23.5 Å². The Morgan fingerprint density at radius 2 is 2.10 bits per heavy atom. The van der Waals surface area contributed by atoms with Crippen molar-refractivity contribution in [3.63, 3.8) is 0 Å². The lowest BCUT2D eigenvalue weighted by Crippen LogP contribution is -2.50. The van der Waals surface area contributed by atoms with E-state index in [9.17, 15) is 9.90 Å². The summed E-state index contributed by atoms with van der Waals surface area (Å²) in [5, 5.41) is 15.5. The summed E-state index contributed by atoms with van der Waals surface area (Å²) in [6.07, 6.45) is 8.33. The van der Waals surface area contributed by atoms with E-state index in [4.69, 9.17) is 9.26 Å². The van der Waals surface area contributed by atoms with E-state index in [1.165, 1.54) is 0 Å². The molecular weight excluding hydrogens is 368 g/mol. The number of fused-ring (bicyclic) bond motifs is 7. The minimum atomic E-state index is -0.516. The maximum Gasteiger partial charge on any atom is 0.265 e. The number of ether oxygens (including phenoxy) is 1. The fourth-order valence-corrected chi connectivity index (χ4v) is 6.59. The molecule has 4 aliphatic rings. The van der Waals surface area contributed by atoms with E-state index in [0.29, 0.717) is 47.1 Å². The molecule has 156 valence electrons. The van der Waals surface area contributed by atoms with E-state index in [1.807, 2.05) is 14.1 Å². The van der Waals surface area contributed by atoms with Gasteiger partial charge in [0.1, 0.15) is 11.3 Å². The van der Waals surface area contributed by atoms with Crippen LogP contribution in [0, 0.1) is 29.1 Å². The summed E-state index contributed by atoms with van der Waals surface area (Å²) in [7, 11) is 3.99. The maximum absolute atomic E-state index is 13.8. The highest BCUT2D eigenvalue weighted by Crippen LogP contribution is 2.64. The standard InChI is InChI=1S/C23H30N2O4/c1-5-6-9-28-22-16-19(27)17-18(26)15-13-8-7-12(10-13)14(15)11-23(17,2)21(25(3)4)20(16)29-24-22/h7-8,12-15,21,27H,5-6,9-11H2,1-4H3/t12-,13+,14-,15+,21-,23+/m0/s1. The molecule has 0 aromatic carbocycles. The van der Waals surface area contributed by atoms with E-state index in [2.05, 4.69) is 36.1 Å². The zero-order chi connectivity index (χ0) is 20.5. The number of unbranched alkanes of at least 4 members (excludes halogenated alkanes) is 1. The summed E-state index contributed by atoms with van der Waals surface area (Å²) in [6.45, 7) is 4.71. The van der Waals surface area contributed by atoms with E-state index < -0.39 is 5.41 Å². The van der Waals surface area contributed by atoms with Gasteiger partial charge in [0.15, 0.2) is 11.5 Å². The third-order valence-corrected chi connectivity index (χ3v) is 7.67. The van der Waals surface area contributed by atoms with Crippen LogP contribution < -0.4 is 4.74 Å². The number of hydrogen-bond acceptors (Lipinski definition) is 6. The molecule has 1 aromatic rings. The van der Waals surface area contributed by atoms with Gasteiger partial charge in [0.25, 0.3) is 5.88 Å². The Morgan fingerprint density at radius 1 is 1.34 bits per heavy atom. The minimum absolute atomic E-state index is 0.0103. The summed E-state index contributed by atoms with van der Waals surface area (Å²) >= 11 is 0. The van der Waals surface area contributed by atoms with Crippen molar-refractivity contribution in [2.75, 3.05) is 20.7 Å². The Hall–Kier alpha value is -2.08. The monoisotopic (exact) mass is 398 g/mol. The minimum Gasteiger partial charge on any atom is -0.507 e.